The summed E-state index contributed by atoms with van der Waals surface area (Å²) in [6, 6.07) is 15.5. The number of nitrogens with zero attached hydrogens (tertiary/aromatic N) is 1. The van der Waals surface area contributed by atoms with E-state index in [9.17, 15) is 9.18 Å². The summed E-state index contributed by atoms with van der Waals surface area (Å²) < 4.78 is 18.4. The summed E-state index contributed by atoms with van der Waals surface area (Å²) in [5, 5.41) is 2.65. The van der Waals surface area contributed by atoms with E-state index in [1.807, 2.05) is 35.7 Å². The molecule has 0 spiro atoms. The van der Waals surface area contributed by atoms with E-state index >= 15 is 0 Å². The molecule has 1 heterocycles. The zero-order chi connectivity index (χ0) is 15.4. The van der Waals surface area contributed by atoms with Crippen molar-refractivity contribution < 1.29 is 13.9 Å². The Morgan fingerprint density at radius 2 is 1.82 bits per heavy atom. The number of hydrogen-bond donors (Lipinski definition) is 0. The van der Waals surface area contributed by atoms with Gasteiger partial charge < -0.3 is 4.74 Å². The molecule has 3 rings (SSSR count). The Hall–Kier alpha value is -2.53. The maximum absolute atomic E-state index is 13.4. The summed E-state index contributed by atoms with van der Waals surface area (Å²) in [5.41, 5.74) is 1.62. The molecule has 3 aromatic rings. The van der Waals surface area contributed by atoms with Crippen LogP contribution in [-0.2, 0) is 11.2 Å². The standard InChI is InChI=1S/C17H12FNO2S/c18-14-8-4-5-9-15(14)21-16(20)10-13-11-22-17(19-13)12-6-2-1-3-7-12/h1-9,11H,10H2. The van der Waals surface area contributed by atoms with Crippen LogP contribution in [0, 0.1) is 5.82 Å². The molecule has 2 aromatic carbocycles. The van der Waals surface area contributed by atoms with Crippen LogP contribution in [0.2, 0.25) is 0 Å². The number of aromatic nitrogens is 1. The van der Waals surface area contributed by atoms with Crippen LogP contribution in [-0.4, -0.2) is 11.0 Å². The minimum atomic E-state index is -0.556. The number of carbonyl (C=O) groups excluding carboxylic acids is 1. The van der Waals surface area contributed by atoms with Gasteiger partial charge in [-0.05, 0) is 12.1 Å². The number of thiazole rings is 1. The first-order valence-corrected chi connectivity index (χ1v) is 7.55. The van der Waals surface area contributed by atoms with Crippen LogP contribution >= 0.6 is 11.3 Å². The van der Waals surface area contributed by atoms with Crippen molar-refractivity contribution >= 4 is 17.3 Å². The van der Waals surface area contributed by atoms with Crippen LogP contribution in [0.3, 0.4) is 0 Å². The van der Waals surface area contributed by atoms with E-state index in [1.54, 1.807) is 12.1 Å². The van der Waals surface area contributed by atoms with Crippen molar-refractivity contribution in [1.82, 2.24) is 4.98 Å². The van der Waals surface area contributed by atoms with Crippen LogP contribution in [0.25, 0.3) is 10.6 Å². The van der Waals surface area contributed by atoms with E-state index in [1.165, 1.54) is 23.5 Å². The number of ether oxygens (including phenoxy) is 1. The van der Waals surface area contributed by atoms with E-state index in [2.05, 4.69) is 4.98 Å². The summed E-state index contributed by atoms with van der Waals surface area (Å²) in [5.74, 6) is -1.15. The lowest BCUT2D eigenvalue weighted by Gasteiger charge is -2.03. The van der Waals surface area contributed by atoms with Gasteiger partial charge in [-0.2, -0.15) is 0 Å². The molecule has 0 saturated carbocycles. The predicted molar refractivity (Wildman–Crippen MR) is 83.3 cm³/mol. The Labute approximate surface area is 131 Å². The van der Waals surface area contributed by atoms with Gasteiger partial charge in [0.25, 0.3) is 0 Å². The van der Waals surface area contributed by atoms with Crippen molar-refractivity contribution in [1.29, 1.82) is 0 Å². The molecule has 0 aliphatic carbocycles. The van der Waals surface area contributed by atoms with E-state index < -0.39 is 11.8 Å². The number of para-hydroxylation sites is 1. The van der Waals surface area contributed by atoms with E-state index in [4.69, 9.17) is 4.74 Å². The molecule has 0 N–H and O–H groups in total. The van der Waals surface area contributed by atoms with Crippen molar-refractivity contribution in [2.45, 2.75) is 6.42 Å². The first-order chi connectivity index (χ1) is 10.7. The van der Waals surface area contributed by atoms with Crippen molar-refractivity contribution in [3.05, 3.63) is 71.5 Å². The highest BCUT2D eigenvalue weighted by Gasteiger charge is 2.12. The summed E-state index contributed by atoms with van der Waals surface area (Å²) >= 11 is 1.46. The Balaban J connectivity index is 1.68. The molecular formula is C17H12FNO2S. The number of halogens is 1. The SMILES string of the molecule is O=C(Cc1csc(-c2ccccc2)n1)Oc1ccccc1F. The molecular weight excluding hydrogens is 301 g/mol. The van der Waals surface area contributed by atoms with Crippen molar-refractivity contribution in [2.75, 3.05) is 0 Å². The molecule has 0 saturated heterocycles. The molecule has 0 fully saturated rings. The summed E-state index contributed by atoms with van der Waals surface area (Å²) in [4.78, 5) is 16.3. The molecule has 0 atom stereocenters. The molecule has 0 amide bonds. The van der Waals surface area contributed by atoms with Gasteiger partial charge in [0, 0.05) is 10.9 Å². The molecule has 0 aliphatic rings. The minimum Gasteiger partial charge on any atom is -0.423 e. The third-order valence-electron chi connectivity index (χ3n) is 2.96. The third kappa shape index (κ3) is 3.38. The number of esters is 1. The second-order valence-corrected chi connectivity index (χ2v) is 5.45. The second-order valence-electron chi connectivity index (χ2n) is 4.59. The average molecular weight is 313 g/mol. The van der Waals surface area contributed by atoms with Crippen LogP contribution in [0.4, 0.5) is 4.39 Å². The maximum atomic E-state index is 13.4. The van der Waals surface area contributed by atoms with Gasteiger partial charge in [0.2, 0.25) is 0 Å². The monoisotopic (exact) mass is 313 g/mol. The molecule has 22 heavy (non-hydrogen) atoms. The Bertz CT molecular complexity index is 786. The zero-order valence-electron chi connectivity index (χ0n) is 11.5. The first kappa shape index (κ1) is 14.4. The molecule has 0 aliphatic heterocycles. The van der Waals surface area contributed by atoms with Gasteiger partial charge in [0.1, 0.15) is 5.01 Å². The van der Waals surface area contributed by atoms with Crippen molar-refractivity contribution in [3.8, 4) is 16.3 Å². The highest BCUT2D eigenvalue weighted by Crippen LogP contribution is 2.24. The molecule has 3 nitrogen and oxygen atoms in total. The van der Waals surface area contributed by atoms with Crippen LogP contribution in [0.1, 0.15) is 5.69 Å². The normalized spacial score (nSPS) is 10.4. The van der Waals surface area contributed by atoms with Crippen LogP contribution in [0.15, 0.2) is 60.0 Å². The zero-order valence-corrected chi connectivity index (χ0v) is 12.3. The van der Waals surface area contributed by atoms with Gasteiger partial charge in [-0.1, -0.05) is 42.5 Å². The number of hydrogen-bond acceptors (Lipinski definition) is 4. The van der Waals surface area contributed by atoms with E-state index in [0.717, 1.165) is 10.6 Å². The average Bonchev–Trinajstić information content (AvgIpc) is 2.99. The lowest BCUT2D eigenvalue weighted by molar-refractivity contribution is -0.133. The molecule has 1 aromatic heterocycles. The maximum Gasteiger partial charge on any atom is 0.317 e. The van der Waals surface area contributed by atoms with Gasteiger partial charge in [0.15, 0.2) is 11.6 Å². The number of carbonyl (C=O) groups is 1. The Kier molecular flexibility index (Phi) is 4.25. The highest BCUT2D eigenvalue weighted by molar-refractivity contribution is 7.13. The fourth-order valence-corrected chi connectivity index (χ4v) is 2.76. The summed E-state index contributed by atoms with van der Waals surface area (Å²) in [6.07, 6.45) is 0.0116. The van der Waals surface area contributed by atoms with E-state index in [-0.39, 0.29) is 12.2 Å². The topological polar surface area (TPSA) is 39.2 Å². The largest absolute Gasteiger partial charge is 0.423 e. The van der Waals surface area contributed by atoms with Crippen LogP contribution in [0.5, 0.6) is 5.75 Å². The molecule has 0 radical (unpaired) electrons. The van der Waals surface area contributed by atoms with Gasteiger partial charge in [-0.15, -0.1) is 11.3 Å². The smallest absolute Gasteiger partial charge is 0.317 e. The minimum absolute atomic E-state index is 0.0116. The van der Waals surface area contributed by atoms with Gasteiger partial charge in [-0.3, -0.25) is 4.79 Å². The molecule has 110 valence electrons. The number of rotatable bonds is 4. The molecule has 0 bridgehead atoms. The molecule has 0 unspecified atom stereocenters. The van der Waals surface area contributed by atoms with E-state index in [0.29, 0.717) is 5.69 Å². The number of benzene rings is 2. The van der Waals surface area contributed by atoms with Crippen molar-refractivity contribution in [2.24, 2.45) is 0 Å². The van der Waals surface area contributed by atoms with Crippen molar-refractivity contribution in [3.63, 3.8) is 0 Å². The predicted octanol–water partition coefficient (Wildman–Crippen LogP) is 4.10. The van der Waals surface area contributed by atoms with Gasteiger partial charge in [0.05, 0.1) is 12.1 Å². The Morgan fingerprint density at radius 3 is 2.59 bits per heavy atom. The van der Waals surface area contributed by atoms with Crippen LogP contribution < -0.4 is 4.74 Å². The molecule has 5 heteroatoms. The quantitative estimate of drug-likeness (QED) is 0.538. The summed E-state index contributed by atoms with van der Waals surface area (Å²) in [6.45, 7) is 0. The van der Waals surface area contributed by atoms with Gasteiger partial charge in [-0.25, -0.2) is 9.37 Å². The lowest BCUT2D eigenvalue weighted by atomic mass is 10.2. The second kappa shape index (κ2) is 6.49. The fraction of sp³-hybridized carbons (Fsp3) is 0.0588. The first-order valence-electron chi connectivity index (χ1n) is 6.67. The van der Waals surface area contributed by atoms with Gasteiger partial charge >= 0.3 is 5.97 Å². The Morgan fingerprint density at radius 1 is 1.09 bits per heavy atom. The lowest BCUT2D eigenvalue weighted by Crippen LogP contribution is -2.12. The summed E-state index contributed by atoms with van der Waals surface area (Å²) in [7, 11) is 0. The third-order valence-corrected chi connectivity index (χ3v) is 3.90. The highest BCUT2D eigenvalue weighted by atomic mass is 32.1. The fourth-order valence-electron chi connectivity index (χ4n) is 1.94.